The van der Waals surface area contributed by atoms with Gasteiger partial charge in [0, 0.05) is 36.2 Å². The maximum atomic E-state index is 13.5. The highest BCUT2D eigenvalue weighted by Crippen LogP contribution is 2.31. The Hall–Kier alpha value is -5.42. The predicted octanol–water partition coefficient (Wildman–Crippen LogP) is 7.40. The van der Waals surface area contributed by atoms with E-state index in [1.165, 1.54) is 0 Å². The zero-order chi connectivity index (χ0) is 35.4. The molecule has 0 aliphatic rings. The van der Waals surface area contributed by atoms with Crippen LogP contribution in [0.3, 0.4) is 0 Å². The molecule has 1 amide bonds. The van der Waals surface area contributed by atoms with E-state index in [4.69, 9.17) is 14.2 Å². The zero-order valence-electron chi connectivity index (χ0n) is 28.9. The van der Waals surface area contributed by atoms with E-state index < -0.39 is 10.0 Å². The van der Waals surface area contributed by atoms with Crippen LogP contribution in [0.2, 0.25) is 0 Å². The summed E-state index contributed by atoms with van der Waals surface area (Å²) in [5, 5.41) is 6.93. The highest BCUT2D eigenvalue weighted by atomic mass is 32.2. The third-order valence-electron chi connectivity index (χ3n) is 8.86. The maximum Gasteiger partial charge on any atom is 0.264 e. The van der Waals surface area contributed by atoms with Crippen LogP contribution in [0.15, 0.2) is 94.3 Å². The number of rotatable bonds is 13. The Kier molecular flexibility index (Phi) is 10.1. The van der Waals surface area contributed by atoms with Crippen molar-refractivity contribution in [1.29, 1.82) is 0 Å². The fourth-order valence-electron chi connectivity index (χ4n) is 6.01. The Morgan fingerprint density at radius 1 is 0.920 bits per heavy atom. The number of sulfonamides is 1. The number of aryl methyl sites for hydroxylation is 3. The Morgan fingerprint density at radius 2 is 1.70 bits per heavy atom. The molecule has 0 radical (unpaired) electrons. The molecule has 6 aromatic rings. The number of carbonyl (C=O) groups is 1. The van der Waals surface area contributed by atoms with Gasteiger partial charge in [0.15, 0.2) is 0 Å². The molecule has 0 spiro atoms. The lowest BCUT2D eigenvalue weighted by Crippen LogP contribution is -2.25. The Balaban J connectivity index is 1.24. The highest BCUT2D eigenvalue weighted by molar-refractivity contribution is 7.92. The van der Waals surface area contributed by atoms with Gasteiger partial charge in [-0.2, -0.15) is 0 Å². The lowest BCUT2D eigenvalue weighted by Gasteiger charge is -2.13. The molecule has 0 aliphatic heterocycles. The van der Waals surface area contributed by atoms with Crippen molar-refractivity contribution < 1.29 is 22.5 Å². The molecule has 6 rings (SSSR count). The zero-order valence-corrected chi connectivity index (χ0v) is 29.7. The second-order valence-corrected chi connectivity index (χ2v) is 14.1. The highest BCUT2D eigenvalue weighted by Gasteiger charge is 2.23. The van der Waals surface area contributed by atoms with Gasteiger partial charge in [0.1, 0.15) is 11.6 Å². The number of carbonyl (C=O) groups excluding carboxylic acids is 1. The van der Waals surface area contributed by atoms with Crippen LogP contribution in [-0.4, -0.2) is 42.7 Å². The Morgan fingerprint density at radius 3 is 2.42 bits per heavy atom. The van der Waals surface area contributed by atoms with Gasteiger partial charge in [-0.3, -0.25) is 4.79 Å². The average molecular weight is 692 g/mol. The van der Waals surface area contributed by atoms with Crippen molar-refractivity contribution in [3.63, 3.8) is 0 Å². The van der Waals surface area contributed by atoms with Gasteiger partial charge in [-0.1, -0.05) is 66.7 Å². The largest absolute Gasteiger partial charge is 0.497 e. The Labute approximate surface area is 292 Å². The van der Waals surface area contributed by atoms with Gasteiger partial charge in [-0.15, -0.1) is 0 Å². The van der Waals surface area contributed by atoms with Gasteiger partial charge in [0.25, 0.3) is 15.9 Å². The molecular weight excluding hydrogens is 651 g/mol. The van der Waals surface area contributed by atoms with Crippen molar-refractivity contribution in [3.8, 4) is 16.9 Å². The van der Waals surface area contributed by atoms with E-state index in [-0.39, 0.29) is 16.7 Å². The molecule has 0 atom stereocenters. The molecule has 258 valence electrons. The normalized spacial score (nSPS) is 11.5. The molecule has 2 heterocycles. The number of imidazole rings is 1. The number of nitrogens with one attached hydrogen (secondary N) is 2. The van der Waals surface area contributed by atoms with E-state index in [1.54, 1.807) is 39.2 Å². The number of ether oxygens (including phenoxy) is 1. The minimum Gasteiger partial charge on any atom is -0.497 e. The molecule has 0 fully saturated rings. The van der Waals surface area contributed by atoms with Gasteiger partial charge in [0.2, 0.25) is 5.88 Å². The third-order valence-corrected chi connectivity index (χ3v) is 10.2. The fraction of sp³-hybridized carbons (Fsp3) is 0.256. The van der Waals surface area contributed by atoms with Crippen LogP contribution in [0.1, 0.15) is 57.5 Å². The van der Waals surface area contributed by atoms with Crippen LogP contribution in [0, 0.1) is 20.8 Å². The molecule has 4 aromatic carbocycles. The summed E-state index contributed by atoms with van der Waals surface area (Å²) >= 11 is 0. The quantitative estimate of drug-likeness (QED) is 0.129. The molecule has 0 saturated carbocycles. The van der Waals surface area contributed by atoms with Gasteiger partial charge in [0.05, 0.1) is 28.7 Å². The number of hydrogen-bond acceptors (Lipinski definition) is 7. The van der Waals surface area contributed by atoms with Crippen LogP contribution in [0.25, 0.3) is 22.2 Å². The number of benzene rings is 4. The molecule has 0 saturated heterocycles. The predicted molar refractivity (Wildman–Crippen MR) is 195 cm³/mol. The van der Waals surface area contributed by atoms with Crippen molar-refractivity contribution in [2.24, 2.45) is 0 Å². The van der Waals surface area contributed by atoms with Crippen LogP contribution in [-0.2, 0) is 29.4 Å². The van der Waals surface area contributed by atoms with Crippen molar-refractivity contribution in [1.82, 2.24) is 20.0 Å². The van der Waals surface area contributed by atoms with Crippen LogP contribution in [0.4, 0.5) is 5.88 Å². The van der Waals surface area contributed by atoms with Crippen LogP contribution < -0.4 is 14.8 Å². The Bertz CT molecular complexity index is 2270. The van der Waals surface area contributed by atoms with Crippen molar-refractivity contribution >= 4 is 32.8 Å². The molecular formula is C39H41N5O5S. The second-order valence-electron chi connectivity index (χ2n) is 12.4. The number of aromatic nitrogens is 3. The maximum absolute atomic E-state index is 13.5. The number of nitrogens with zero attached hydrogens (tertiary/aromatic N) is 3. The number of hydrogen-bond donors (Lipinski definition) is 2. The van der Waals surface area contributed by atoms with Crippen molar-refractivity contribution in [2.45, 2.75) is 58.4 Å². The van der Waals surface area contributed by atoms with E-state index in [9.17, 15) is 13.2 Å². The molecule has 0 aliphatic carbocycles. The van der Waals surface area contributed by atoms with Gasteiger partial charge >= 0.3 is 0 Å². The first-order valence-corrected chi connectivity index (χ1v) is 18.1. The minimum absolute atomic E-state index is 0.104. The summed E-state index contributed by atoms with van der Waals surface area (Å²) in [6, 6.07) is 26.4. The number of fused-ring (bicyclic) bond motifs is 1. The van der Waals surface area contributed by atoms with Gasteiger partial charge < -0.3 is 19.1 Å². The molecule has 0 unspecified atom stereocenters. The molecule has 2 N–H and O–H groups in total. The summed E-state index contributed by atoms with van der Waals surface area (Å²) in [5.74, 6) is 1.71. The average Bonchev–Trinajstić information content (AvgIpc) is 3.62. The number of anilines is 1. The molecule has 11 heteroatoms. The first-order chi connectivity index (χ1) is 24.1. The van der Waals surface area contributed by atoms with Crippen LogP contribution >= 0.6 is 0 Å². The summed E-state index contributed by atoms with van der Waals surface area (Å²) in [7, 11) is -2.32. The van der Waals surface area contributed by atoms with Crippen molar-refractivity contribution in [3.05, 3.63) is 124 Å². The van der Waals surface area contributed by atoms with E-state index in [0.717, 1.165) is 57.7 Å². The SMILES string of the molecule is CCCc1nc2c(C)cc(C(=O)NCCc3cccc(OC)c3)cc2n1Cc1ccc(-c2ccccc2S(=O)(=O)Nc2onc(C)c2C)cc1. The van der Waals surface area contributed by atoms with E-state index in [1.807, 2.05) is 73.7 Å². The number of methoxy groups -OCH3 is 1. The lowest BCUT2D eigenvalue weighted by atomic mass is 10.0. The first-order valence-electron chi connectivity index (χ1n) is 16.6. The molecule has 50 heavy (non-hydrogen) atoms. The molecule has 10 nitrogen and oxygen atoms in total. The minimum atomic E-state index is -3.96. The summed E-state index contributed by atoms with van der Waals surface area (Å²) in [6.45, 7) is 8.66. The topological polar surface area (TPSA) is 128 Å². The summed E-state index contributed by atoms with van der Waals surface area (Å²) < 4.78 is 42.2. The van der Waals surface area contributed by atoms with E-state index >= 15 is 0 Å². The summed E-state index contributed by atoms with van der Waals surface area (Å²) in [4.78, 5) is 18.5. The molecule has 0 bridgehead atoms. The standard InChI is InChI=1S/C39H41N5O5S/c1-6-10-36-41-37-25(2)21-31(38(45)40-20-19-28-11-9-12-32(22-28)48-5)23-34(37)44(36)24-29-15-17-30(18-16-29)33-13-7-8-14-35(33)50(46,47)43-39-26(3)27(4)42-49-39/h7-9,11-18,21-23,43H,6,10,19-20,24H2,1-5H3,(H,40,45). The van der Waals surface area contributed by atoms with Gasteiger partial charge in [-0.05, 0) is 86.2 Å². The molecule has 2 aromatic heterocycles. The summed E-state index contributed by atoms with van der Waals surface area (Å²) in [5.41, 5.74) is 7.98. The van der Waals surface area contributed by atoms with E-state index in [0.29, 0.717) is 41.9 Å². The van der Waals surface area contributed by atoms with Crippen LogP contribution in [0.5, 0.6) is 5.75 Å². The van der Waals surface area contributed by atoms with E-state index in [2.05, 4.69) is 26.7 Å². The monoisotopic (exact) mass is 691 g/mol. The summed E-state index contributed by atoms with van der Waals surface area (Å²) in [6.07, 6.45) is 2.40. The first kappa shape index (κ1) is 34.4. The van der Waals surface area contributed by atoms with Gasteiger partial charge in [-0.25, -0.2) is 18.1 Å². The smallest absolute Gasteiger partial charge is 0.264 e. The lowest BCUT2D eigenvalue weighted by molar-refractivity contribution is 0.0954. The third kappa shape index (κ3) is 7.28. The number of amides is 1. The second kappa shape index (κ2) is 14.6. The van der Waals surface area contributed by atoms with Crippen molar-refractivity contribution in [2.75, 3.05) is 18.4 Å². The fourth-order valence-corrected chi connectivity index (χ4v) is 7.29.